The first-order chi connectivity index (χ1) is 8.97. The van der Waals surface area contributed by atoms with E-state index in [1.54, 1.807) is 13.0 Å². The lowest BCUT2D eigenvalue weighted by molar-refractivity contribution is 0.0938. The quantitative estimate of drug-likeness (QED) is 0.922. The van der Waals surface area contributed by atoms with Crippen LogP contribution in [0.4, 0.5) is 0 Å². The highest BCUT2D eigenvalue weighted by atomic mass is 79.9. The average Bonchev–Trinajstić information content (AvgIpc) is 2.69. The SMILES string of the molecule is Cc1cc(C(=O)NC(C)c2ccc(Br)cc2)c(C)o1. The molecule has 1 amide bonds. The fourth-order valence-electron chi connectivity index (χ4n) is 1.97. The van der Waals surface area contributed by atoms with Crippen LogP contribution in [0.25, 0.3) is 0 Å². The molecule has 0 saturated heterocycles. The first kappa shape index (κ1) is 13.9. The highest BCUT2D eigenvalue weighted by Gasteiger charge is 2.16. The van der Waals surface area contributed by atoms with Crippen LogP contribution >= 0.6 is 15.9 Å². The number of carbonyl (C=O) groups is 1. The summed E-state index contributed by atoms with van der Waals surface area (Å²) in [5.41, 5.74) is 1.66. The van der Waals surface area contributed by atoms with Crippen molar-refractivity contribution in [1.29, 1.82) is 0 Å². The second kappa shape index (κ2) is 5.61. The fraction of sp³-hybridized carbons (Fsp3) is 0.267. The third kappa shape index (κ3) is 3.26. The van der Waals surface area contributed by atoms with E-state index in [1.807, 2.05) is 38.1 Å². The monoisotopic (exact) mass is 321 g/mol. The molecular formula is C15H16BrNO2. The lowest BCUT2D eigenvalue weighted by Gasteiger charge is -2.14. The summed E-state index contributed by atoms with van der Waals surface area (Å²) in [4.78, 5) is 12.1. The van der Waals surface area contributed by atoms with E-state index in [1.165, 1.54) is 0 Å². The summed E-state index contributed by atoms with van der Waals surface area (Å²) in [6.07, 6.45) is 0. The van der Waals surface area contributed by atoms with Crippen molar-refractivity contribution < 1.29 is 9.21 Å². The largest absolute Gasteiger partial charge is 0.466 e. The van der Waals surface area contributed by atoms with E-state index < -0.39 is 0 Å². The molecule has 3 nitrogen and oxygen atoms in total. The maximum absolute atomic E-state index is 12.1. The smallest absolute Gasteiger partial charge is 0.255 e. The number of carbonyl (C=O) groups excluding carboxylic acids is 1. The Hall–Kier alpha value is -1.55. The van der Waals surface area contributed by atoms with E-state index in [9.17, 15) is 4.79 Å². The molecule has 0 radical (unpaired) electrons. The maximum Gasteiger partial charge on any atom is 0.255 e. The molecule has 2 aromatic rings. The topological polar surface area (TPSA) is 42.2 Å². The molecule has 1 atom stereocenters. The predicted octanol–water partition coefficient (Wildman–Crippen LogP) is 4.15. The molecule has 4 heteroatoms. The normalized spacial score (nSPS) is 12.2. The van der Waals surface area contributed by atoms with Crippen LogP contribution in [0.15, 0.2) is 39.2 Å². The van der Waals surface area contributed by atoms with Gasteiger partial charge in [0.2, 0.25) is 0 Å². The molecule has 100 valence electrons. The maximum atomic E-state index is 12.1. The van der Waals surface area contributed by atoms with Gasteiger partial charge in [-0.2, -0.15) is 0 Å². The van der Waals surface area contributed by atoms with Gasteiger partial charge >= 0.3 is 0 Å². The Morgan fingerprint density at radius 3 is 2.42 bits per heavy atom. The van der Waals surface area contributed by atoms with Gasteiger partial charge < -0.3 is 9.73 Å². The number of rotatable bonds is 3. The molecular weight excluding hydrogens is 306 g/mol. The van der Waals surface area contributed by atoms with Gasteiger partial charge in [-0.15, -0.1) is 0 Å². The molecule has 1 N–H and O–H groups in total. The van der Waals surface area contributed by atoms with Crippen LogP contribution in [0.5, 0.6) is 0 Å². The lowest BCUT2D eigenvalue weighted by atomic mass is 10.1. The van der Waals surface area contributed by atoms with Crippen LogP contribution in [0.1, 0.15) is 40.4 Å². The Kier molecular flexibility index (Phi) is 4.10. The molecule has 0 bridgehead atoms. The van der Waals surface area contributed by atoms with Gasteiger partial charge in [0.1, 0.15) is 11.5 Å². The van der Waals surface area contributed by atoms with E-state index in [4.69, 9.17) is 4.42 Å². The van der Waals surface area contributed by atoms with Crippen LogP contribution < -0.4 is 5.32 Å². The van der Waals surface area contributed by atoms with Gasteiger partial charge in [-0.3, -0.25) is 4.79 Å². The Morgan fingerprint density at radius 1 is 1.26 bits per heavy atom. The predicted molar refractivity (Wildman–Crippen MR) is 78.2 cm³/mol. The number of aryl methyl sites for hydroxylation is 2. The first-order valence-corrected chi connectivity index (χ1v) is 6.90. The number of nitrogens with one attached hydrogen (secondary N) is 1. The molecule has 0 fully saturated rings. The first-order valence-electron chi connectivity index (χ1n) is 6.10. The Morgan fingerprint density at radius 2 is 1.89 bits per heavy atom. The zero-order valence-corrected chi connectivity index (χ0v) is 12.7. The van der Waals surface area contributed by atoms with Crippen molar-refractivity contribution in [3.05, 3.63) is 57.5 Å². The molecule has 2 rings (SSSR count). The molecule has 0 saturated carbocycles. The van der Waals surface area contributed by atoms with Crippen molar-refractivity contribution in [2.45, 2.75) is 26.8 Å². The van der Waals surface area contributed by atoms with Crippen molar-refractivity contribution in [2.24, 2.45) is 0 Å². The summed E-state index contributed by atoms with van der Waals surface area (Å²) < 4.78 is 6.40. The number of halogens is 1. The molecule has 0 aliphatic heterocycles. The number of hydrogen-bond acceptors (Lipinski definition) is 2. The minimum absolute atomic E-state index is 0.0461. The van der Waals surface area contributed by atoms with Crippen molar-refractivity contribution in [3.8, 4) is 0 Å². The van der Waals surface area contributed by atoms with Crippen molar-refractivity contribution >= 4 is 21.8 Å². The van der Waals surface area contributed by atoms with Crippen LogP contribution in [0.2, 0.25) is 0 Å². The second-order valence-corrected chi connectivity index (χ2v) is 5.49. The summed E-state index contributed by atoms with van der Waals surface area (Å²) in [6.45, 7) is 5.59. The Labute approximate surface area is 121 Å². The van der Waals surface area contributed by atoms with Gasteiger partial charge in [-0.05, 0) is 44.5 Å². The van der Waals surface area contributed by atoms with E-state index in [0.717, 1.165) is 15.8 Å². The average molecular weight is 322 g/mol. The highest BCUT2D eigenvalue weighted by Crippen LogP contribution is 2.18. The van der Waals surface area contributed by atoms with Crippen molar-refractivity contribution in [3.63, 3.8) is 0 Å². The molecule has 0 aliphatic carbocycles. The number of furan rings is 1. The third-order valence-corrected chi connectivity index (χ3v) is 3.53. The van der Waals surface area contributed by atoms with E-state index >= 15 is 0 Å². The molecule has 1 aromatic heterocycles. The standard InChI is InChI=1S/C15H16BrNO2/c1-9-8-14(11(3)19-9)15(18)17-10(2)12-4-6-13(16)7-5-12/h4-8,10H,1-3H3,(H,17,18). The lowest BCUT2D eigenvalue weighted by Crippen LogP contribution is -2.26. The molecule has 0 spiro atoms. The van der Waals surface area contributed by atoms with Crippen LogP contribution in [-0.4, -0.2) is 5.91 Å². The molecule has 19 heavy (non-hydrogen) atoms. The minimum atomic E-state index is -0.107. The Balaban J connectivity index is 2.10. The van der Waals surface area contributed by atoms with Gasteiger partial charge in [0.05, 0.1) is 11.6 Å². The minimum Gasteiger partial charge on any atom is -0.466 e. The summed E-state index contributed by atoms with van der Waals surface area (Å²) in [6, 6.07) is 9.62. The number of amides is 1. The van der Waals surface area contributed by atoms with E-state index in [2.05, 4.69) is 21.2 Å². The fourth-order valence-corrected chi connectivity index (χ4v) is 2.23. The second-order valence-electron chi connectivity index (χ2n) is 4.57. The van der Waals surface area contributed by atoms with Crippen molar-refractivity contribution in [1.82, 2.24) is 5.32 Å². The van der Waals surface area contributed by atoms with Gasteiger partial charge in [0.15, 0.2) is 0 Å². The summed E-state index contributed by atoms with van der Waals surface area (Å²) in [5.74, 6) is 1.29. The van der Waals surface area contributed by atoms with Crippen LogP contribution in [0, 0.1) is 13.8 Å². The summed E-state index contributed by atoms with van der Waals surface area (Å²) in [5, 5.41) is 2.97. The van der Waals surface area contributed by atoms with Gasteiger partial charge in [0.25, 0.3) is 5.91 Å². The zero-order valence-electron chi connectivity index (χ0n) is 11.2. The highest BCUT2D eigenvalue weighted by molar-refractivity contribution is 9.10. The van der Waals surface area contributed by atoms with Gasteiger partial charge in [0, 0.05) is 4.47 Å². The third-order valence-electron chi connectivity index (χ3n) is 3.00. The van der Waals surface area contributed by atoms with Crippen LogP contribution in [-0.2, 0) is 0 Å². The van der Waals surface area contributed by atoms with E-state index in [-0.39, 0.29) is 11.9 Å². The number of benzene rings is 1. The molecule has 1 heterocycles. The van der Waals surface area contributed by atoms with Crippen molar-refractivity contribution in [2.75, 3.05) is 0 Å². The van der Waals surface area contributed by atoms with Crippen LogP contribution in [0.3, 0.4) is 0 Å². The summed E-state index contributed by atoms with van der Waals surface area (Å²) in [7, 11) is 0. The zero-order chi connectivity index (χ0) is 14.0. The van der Waals surface area contributed by atoms with E-state index in [0.29, 0.717) is 11.3 Å². The number of hydrogen-bond donors (Lipinski definition) is 1. The molecule has 1 aromatic carbocycles. The van der Waals surface area contributed by atoms with Gasteiger partial charge in [-0.25, -0.2) is 0 Å². The molecule has 1 unspecified atom stereocenters. The summed E-state index contributed by atoms with van der Waals surface area (Å²) >= 11 is 3.39. The Bertz CT molecular complexity index is 587. The molecule has 0 aliphatic rings. The van der Waals surface area contributed by atoms with Gasteiger partial charge in [-0.1, -0.05) is 28.1 Å².